The van der Waals surface area contributed by atoms with Crippen LogP contribution in [0.1, 0.15) is 238 Å². The molecule has 5 aliphatic carbocycles. The van der Waals surface area contributed by atoms with Gasteiger partial charge in [-0.05, 0) is 249 Å². The third-order valence-corrected chi connectivity index (χ3v) is 26.4. The number of nitrogens with zero attached hydrogens (tertiary/aromatic N) is 3. The van der Waals surface area contributed by atoms with E-state index in [0.717, 1.165) is 73.1 Å². The largest absolute Gasteiger partial charge is 0.468 e. The normalized spacial score (nSPS) is 28.1. The molecule has 0 amide bonds. The summed E-state index contributed by atoms with van der Waals surface area (Å²) in [7, 11) is 0. The number of fused-ring (bicyclic) bond motifs is 21. The summed E-state index contributed by atoms with van der Waals surface area (Å²) in [4.78, 5) is 8.34. The van der Waals surface area contributed by atoms with E-state index in [1.807, 2.05) is 0 Å². The Morgan fingerprint density at radius 2 is 0.812 bits per heavy atom. The third kappa shape index (κ3) is 6.59. The van der Waals surface area contributed by atoms with Crippen molar-refractivity contribution in [2.24, 2.45) is 5.92 Å². The standard InChI is InChI=1S/C79H90BN3O2/c1-70(2)28-29-72(5,6)54-36-46(22-24-51(54)70)81-61-38-48-39-62-65(61)80(68-66(81)49-40-55-57(42-63(49)84-68)75(11,12)32-30-73(55,7)8)69-67(50-41-56-58(43-64(50)85-69)76(13,14)33-31-74(56,9)10)82(62)47-23-25-52-59(37-47)77(15,35-34-71(52,3)4)45-26-27-78(16)53-20-18-19-21-60(53)83(48)79(78,17)44-45/h18-25,36-43,45H,26-35,44H2,1-17H3. The zero-order valence-electron chi connectivity index (χ0n) is 54.3. The Hall–Kier alpha value is -6.14. The predicted octanol–water partition coefficient (Wildman–Crippen LogP) is 19.6. The number of benzene rings is 6. The highest BCUT2D eigenvalue weighted by molar-refractivity contribution is 6.99. The molecule has 0 saturated heterocycles. The third-order valence-electron chi connectivity index (χ3n) is 26.4. The number of furan rings is 2. The Balaban J connectivity index is 1.06. The van der Waals surface area contributed by atoms with Gasteiger partial charge in [0.2, 0.25) is 0 Å². The van der Waals surface area contributed by atoms with E-state index in [2.05, 4.69) is 229 Å². The molecular formula is C79H90BN3O2. The van der Waals surface area contributed by atoms with Crippen LogP contribution >= 0.6 is 0 Å². The lowest BCUT2D eigenvalue weighted by Gasteiger charge is -2.58. The highest BCUT2D eigenvalue weighted by Crippen LogP contribution is 2.67. The summed E-state index contributed by atoms with van der Waals surface area (Å²) in [6, 6.07) is 40.5. The van der Waals surface area contributed by atoms with Crippen LogP contribution in [0, 0.1) is 5.92 Å². The van der Waals surface area contributed by atoms with Crippen molar-refractivity contribution in [3.05, 3.63) is 147 Å². The van der Waals surface area contributed by atoms with Crippen LogP contribution in [0.2, 0.25) is 0 Å². The molecule has 0 radical (unpaired) electrons. The molecule has 4 atom stereocenters. The number of hydrogen-bond acceptors (Lipinski definition) is 5. The van der Waals surface area contributed by atoms with E-state index >= 15 is 0 Å². The Morgan fingerprint density at radius 1 is 0.388 bits per heavy atom. The van der Waals surface area contributed by atoms with Crippen LogP contribution in [-0.4, -0.2) is 12.3 Å². The summed E-state index contributed by atoms with van der Waals surface area (Å²) in [5.41, 5.74) is 28.1. The van der Waals surface area contributed by atoms with Crippen LogP contribution in [0.3, 0.4) is 0 Å². The van der Waals surface area contributed by atoms with Crippen LogP contribution < -0.4 is 31.5 Å². The first-order chi connectivity index (χ1) is 39.9. The SMILES string of the molecule is CC1(C)CCC(C)(C)c2cc(N3c4cc5cc6c4B(c4oc7cc8c(cc7c43)C(C)(C)CCC8(C)C)c3oc4cc7c(cc4c3N6c3ccc4c(c3)C(C)(CCC4(C)C)C3CCC4(C)c6ccccc6N5C4(C)C3)C(C)(C)CCC7(C)C)ccc21. The molecule has 85 heavy (non-hydrogen) atoms. The van der Waals surface area contributed by atoms with Gasteiger partial charge in [0.05, 0.1) is 16.9 Å². The Morgan fingerprint density at radius 3 is 1.32 bits per heavy atom. The molecule has 1 fully saturated rings. The van der Waals surface area contributed by atoms with Crippen molar-refractivity contribution in [3.8, 4) is 0 Å². The van der Waals surface area contributed by atoms with Crippen LogP contribution in [0.15, 0.2) is 106 Å². The van der Waals surface area contributed by atoms with Gasteiger partial charge in [-0.15, -0.1) is 0 Å². The molecule has 8 aromatic rings. The van der Waals surface area contributed by atoms with Gasteiger partial charge >= 0.3 is 6.71 Å². The molecule has 6 bridgehead atoms. The van der Waals surface area contributed by atoms with Crippen molar-refractivity contribution in [1.29, 1.82) is 0 Å². The molecule has 17 rings (SSSR count). The molecule has 6 heteroatoms. The van der Waals surface area contributed by atoms with E-state index in [9.17, 15) is 0 Å². The van der Waals surface area contributed by atoms with E-state index in [-0.39, 0.29) is 61.0 Å². The van der Waals surface area contributed by atoms with Crippen molar-refractivity contribution in [1.82, 2.24) is 0 Å². The topological polar surface area (TPSA) is 36.0 Å². The van der Waals surface area contributed by atoms with Crippen molar-refractivity contribution in [3.63, 3.8) is 0 Å². The first kappa shape index (κ1) is 53.1. The van der Waals surface area contributed by atoms with Gasteiger partial charge in [-0.25, -0.2) is 0 Å². The first-order valence-electron chi connectivity index (χ1n) is 33.1. The van der Waals surface area contributed by atoms with Crippen LogP contribution in [0.25, 0.3) is 21.9 Å². The molecule has 9 aliphatic rings. The van der Waals surface area contributed by atoms with Crippen LogP contribution in [-0.2, 0) is 48.7 Å². The molecule has 0 spiro atoms. The van der Waals surface area contributed by atoms with Crippen LogP contribution in [0.5, 0.6) is 0 Å². The van der Waals surface area contributed by atoms with Gasteiger partial charge < -0.3 is 23.5 Å². The minimum atomic E-state index is -0.332. The zero-order chi connectivity index (χ0) is 59.2. The lowest BCUT2D eigenvalue weighted by atomic mass is 9.37. The molecular weight excluding hydrogens is 1030 g/mol. The highest BCUT2D eigenvalue weighted by atomic mass is 16.3. The average molecular weight is 1120 g/mol. The summed E-state index contributed by atoms with van der Waals surface area (Å²) >= 11 is 0. The summed E-state index contributed by atoms with van der Waals surface area (Å²) in [6.07, 6.45) is 12.7. The summed E-state index contributed by atoms with van der Waals surface area (Å²) in [6.45, 7) is 42.4. The van der Waals surface area contributed by atoms with Gasteiger partial charge in [0, 0.05) is 50.3 Å². The number of para-hydroxylation sites is 1. The summed E-state index contributed by atoms with van der Waals surface area (Å²) in [5.74, 6) is 0.483. The van der Waals surface area contributed by atoms with E-state index in [1.165, 1.54) is 126 Å². The van der Waals surface area contributed by atoms with Gasteiger partial charge in [-0.3, -0.25) is 0 Å². The van der Waals surface area contributed by atoms with Crippen molar-refractivity contribution >= 4 is 90.9 Å². The van der Waals surface area contributed by atoms with Gasteiger partial charge in [-0.2, -0.15) is 0 Å². The van der Waals surface area contributed by atoms with Crippen LogP contribution in [0.4, 0.5) is 45.5 Å². The first-order valence-corrected chi connectivity index (χ1v) is 33.1. The zero-order valence-corrected chi connectivity index (χ0v) is 54.3. The van der Waals surface area contributed by atoms with Gasteiger partial charge in [0.25, 0.3) is 0 Å². The predicted molar refractivity (Wildman–Crippen MR) is 357 cm³/mol. The smallest absolute Gasteiger partial charge is 0.342 e. The molecule has 436 valence electrons. The number of hydrogen-bond donors (Lipinski definition) is 0. The van der Waals surface area contributed by atoms with Crippen molar-refractivity contribution in [2.75, 3.05) is 14.7 Å². The fourth-order valence-corrected chi connectivity index (χ4v) is 20.1. The molecule has 2 aromatic heterocycles. The average Bonchev–Trinajstić information content (AvgIpc) is 1.63. The van der Waals surface area contributed by atoms with Crippen molar-refractivity contribution < 1.29 is 8.83 Å². The molecule has 6 aromatic carbocycles. The summed E-state index contributed by atoms with van der Waals surface area (Å²) < 4.78 is 15.9. The minimum absolute atomic E-state index is 0.00217. The molecule has 6 heterocycles. The minimum Gasteiger partial charge on any atom is -0.468 e. The molecule has 4 unspecified atom stereocenters. The van der Waals surface area contributed by atoms with E-state index in [4.69, 9.17) is 8.83 Å². The van der Waals surface area contributed by atoms with Gasteiger partial charge in [-0.1, -0.05) is 141 Å². The second kappa shape index (κ2) is 15.9. The summed E-state index contributed by atoms with van der Waals surface area (Å²) in [5, 5.41) is 2.40. The Bertz CT molecular complexity index is 4330. The quantitative estimate of drug-likeness (QED) is 0.153. The molecule has 1 saturated carbocycles. The molecule has 4 aliphatic heterocycles. The molecule has 0 N–H and O–H groups in total. The lowest BCUT2D eigenvalue weighted by Crippen LogP contribution is -2.61. The second-order valence-electron chi connectivity index (χ2n) is 34.4. The Kier molecular flexibility index (Phi) is 9.97. The number of anilines is 8. The van der Waals surface area contributed by atoms with Gasteiger partial charge in [0.15, 0.2) is 0 Å². The Labute approximate surface area is 507 Å². The maximum atomic E-state index is 7.93. The van der Waals surface area contributed by atoms with Crippen molar-refractivity contribution in [2.45, 2.75) is 243 Å². The molecule has 5 nitrogen and oxygen atoms in total. The highest BCUT2D eigenvalue weighted by Gasteiger charge is 2.63. The van der Waals surface area contributed by atoms with Gasteiger partial charge in [0.1, 0.15) is 22.5 Å². The fourth-order valence-electron chi connectivity index (χ4n) is 20.1. The van der Waals surface area contributed by atoms with E-state index < -0.39 is 0 Å². The fraction of sp³-hybridized carbons (Fsp3) is 0.494. The number of rotatable bonds is 1. The lowest BCUT2D eigenvalue weighted by molar-refractivity contribution is 0.0840. The van der Waals surface area contributed by atoms with E-state index in [0.29, 0.717) is 5.92 Å². The monoisotopic (exact) mass is 1120 g/mol. The maximum Gasteiger partial charge on any atom is 0.342 e. The second-order valence-corrected chi connectivity index (χ2v) is 34.4. The van der Waals surface area contributed by atoms with E-state index in [1.54, 1.807) is 5.56 Å². The maximum absolute atomic E-state index is 7.93.